The average molecular weight is 538 g/mol. The van der Waals surface area contributed by atoms with Crippen molar-refractivity contribution in [3.63, 3.8) is 0 Å². The molecule has 0 atom stereocenters. The fourth-order valence-electron chi connectivity index (χ4n) is 4.22. The van der Waals surface area contributed by atoms with Crippen molar-refractivity contribution in [3.8, 4) is 0 Å². The second-order valence-electron chi connectivity index (χ2n) is 8.99. The van der Waals surface area contributed by atoms with Crippen molar-refractivity contribution in [1.29, 1.82) is 0 Å². The van der Waals surface area contributed by atoms with Crippen LogP contribution in [0.15, 0.2) is 140 Å². The van der Waals surface area contributed by atoms with E-state index in [9.17, 15) is 0 Å². The molecular formula is C34H40NiP. The van der Waals surface area contributed by atoms with Gasteiger partial charge in [-0.05, 0) is 51.4 Å². The molecule has 0 heterocycles. The van der Waals surface area contributed by atoms with Gasteiger partial charge < -0.3 is 0 Å². The Morgan fingerprint density at radius 3 is 0.889 bits per heavy atom. The van der Waals surface area contributed by atoms with E-state index in [2.05, 4.69) is 121 Å². The molecule has 0 radical (unpaired) electrons. The second-order valence-corrected chi connectivity index (χ2v) is 14.2. The average Bonchev–Trinajstić information content (AvgIpc) is 2.90. The van der Waals surface area contributed by atoms with Crippen molar-refractivity contribution in [1.82, 2.24) is 0 Å². The predicted octanol–water partition coefficient (Wildman–Crippen LogP) is 8.52. The Morgan fingerprint density at radius 1 is 0.389 bits per heavy atom. The van der Waals surface area contributed by atoms with Gasteiger partial charge in [-0.2, -0.15) is 0 Å². The maximum atomic E-state index is 5.86. The zero-order valence-electron chi connectivity index (χ0n) is 21.3. The van der Waals surface area contributed by atoms with Gasteiger partial charge in [-0.1, -0.05) is 48.6 Å². The fourth-order valence-corrected chi connectivity index (χ4v) is 8.60. The van der Waals surface area contributed by atoms with Gasteiger partial charge in [0.15, 0.2) is 0 Å². The van der Waals surface area contributed by atoms with Crippen LogP contribution in [-0.2, 0) is 15.0 Å². The Kier molecular flexibility index (Phi) is 13.3. The Morgan fingerprint density at radius 2 is 0.639 bits per heavy atom. The van der Waals surface area contributed by atoms with E-state index in [0.717, 1.165) is 0 Å². The Hall–Kier alpha value is -2.46. The van der Waals surface area contributed by atoms with Gasteiger partial charge in [0.1, 0.15) is 0 Å². The van der Waals surface area contributed by atoms with Gasteiger partial charge in [0, 0.05) is 0 Å². The first kappa shape index (κ1) is 28.1. The molecule has 2 heteroatoms. The van der Waals surface area contributed by atoms with Crippen LogP contribution in [0.25, 0.3) is 0 Å². The first-order valence-corrected chi connectivity index (χ1v) is 16.6. The molecule has 5 rings (SSSR count). The summed E-state index contributed by atoms with van der Waals surface area (Å²) < 4.78 is 0. The van der Waals surface area contributed by atoms with Crippen molar-refractivity contribution in [2.45, 2.75) is 51.4 Å². The summed E-state index contributed by atoms with van der Waals surface area (Å²) in [4.78, 5) is 0. The van der Waals surface area contributed by atoms with Crippen molar-refractivity contribution in [2.75, 3.05) is 0 Å². The normalized spacial score (nSPS) is 15.6. The maximum absolute atomic E-state index is 5.86. The number of benzene rings is 3. The van der Waals surface area contributed by atoms with Crippen LogP contribution in [0.3, 0.4) is 0 Å². The summed E-state index contributed by atoms with van der Waals surface area (Å²) in [6.07, 6.45) is 28.0. The molecule has 0 saturated heterocycles. The Balaban J connectivity index is 0.000000185. The van der Waals surface area contributed by atoms with Crippen LogP contribution in [-0.4, -0.2) is 0 Å². The minimum atomic E-state index is -2.25. The SMILES string of the molecule is C1=CCCCCC=C1.C1=CCCCCC=C1.[Ni][PH](c1ccccc1)(c1ccccc1)c1ccccc1. The van der Waals surface area contributed by atoms with E-state index in [1.54, 1.807) is 0 Å². The third-order valence-corrected chi connectivity index (χ3v) is 12.1. The van der Waals surface area contributed by atoms with Crippen LogP contribution >= 0.6 is 6.04 Å². The molecule has 0 unspecified atom stereocenters. The summed E-state index contributed by atoms with van der Waals surface area (Å²) in [5.41, 5.74) is 0. The molecule has 3 aromatic rings. The fraction of sp³-hybridized carbons (Fsp3) is 0.235. The summed E-state index contributed by atoms with van der Waals surface area (Å²) in [7, 11) is 0. The molecule has 2 aliphatic rings. The molecule has 0 aliphatic heterocycles. The van der Waals surface area contributed by atoms with Gasteiger partial charge >= 0.3 is 128 Å². The van der Waals surface area contributed by atoms with E-state index >= 15 is 0 Å². The molecule has 36 heavy (non-hydrogen) atoms. The second kappa shape index (κ2) is 17.1. The quantitative estimate of drug-likeness (QED) is 0.232. The van der Waals surface area contributed by atoms with E-state index < -0.39 is 6.04 Å². The molecular weight excluding hydrogens is 498 g/mol. The summed E-state index contributed by atoms with van der Waals surface area (Å²) in [6, 6.07) is 29.5. The molecule has 0 nitrogen and oxygen atoms in total. The Bertz CT molecular complexity index is 929. The third kappa shape index (κ3) is 9.54. The molecule has 0 aromatic heterocycles. The minimum absolute atomic E-state index is 1.27. The van der Waals surface area contributed by atoms with Crippen molar-refractivity contribution < 1.29 is 15.0 Å². The number of hydrogen-bond acceptors (Lipinski definition) is 0. The number of hydrogen-bond donors (Lipinski definition) is 0. The van der Waals surface area contributed by atoms with Crippen LogP contribution in [0.1, 0.15) is 51.4 Å². The van der Waals surface area contributed by atoms with Gasteiger partial charge in [0.2, 0.25) is 0 Å². The van der Waals surface area contributed by atoms with Crippen molar-refractivity contribution in [3.05, 3.63) is 140 Å². The first-order valence-electron chi connectivity index (χ1n) is 13.3. The van der Waals surface area contributed by atoms with E-state index in [0.29, 0.717) is 0 Å². The molecule has 0 N–H and O–H groups in total. The van der Waals surface area contributed by atoms with Gasteiger partial charge in [0.05, 0.1) is 0 Å². The number of allylic oxidation sites excluding steroid dienone is 8. The van der Waals surface area contributed by atoms with E-state index in [1.165, 1.54) is 67.3 Å². The van der Waals surface area contributed by atoms with Crippen molar-refractivity contribution in [2.24, 2.45) is 0 Å². The molecule has 3 aromatic carbocycles. The van der Waals surface area contributed by atoms with Crippen LogP contribution in [0.5, 0.6) is 0 Å². The van der Waals surface area contributed by atoms with Gasteiger partial charge in [-0.15, -0.1) is 0 Å². The standard InChI is InChI=1S/C18H15P.2C8H12.Ni/c1-4-10-16(11-5-1)19(17-12-6-2-7-13-17)18-14-8-3-9-15-18;2*1-2-4-6-8-7-5-3-1;/h1-15H;2*1-4H,5-8H2;/q;;;-1/p+1. The Labute approximate surface area is 227 Å². The first-order chi connectivity index (χ1) is 17.8. The van der Waals surface area contributed by atoms with Gasteiger partial charge in [-0.25, -0.2) is 0 Å². The van der Waals surface area contributed by atoms with Gasteiger partial charge in [0.25, 0.3) is 0 Å². The van der Waals surface area contributed by atoms with Crippen molar-refractivity contribution >= 4 is 22.0 Å². The van der Waals surface area contributed by atoms with E-state index in [4.69, 9.17) is 15.0 Å². The molecule has 0 spiro atoms. The number of rotatable bonds is 3. The third-order valence-electron chi connectivity index (χ3n) is 6.21. The summed E-state index contributed by atoms with van der Waals surface area (Å²) >= 11 is 5.86. The van der Waals surface area contributed by atoms with Crippen LogP contribution < -0.4 is 15.9 Å². The van der Waals surface area contributed by atoms with Crippen LogP contribution in [0, 0.1) is 0 Å². The van der Waals surface area contributed by atoms with E-state index in [-0.39, 0.29) is 0 Å². The molecule has 2 aliphatic carbocycles. The summed E-state index contributed by atoms with van der Waals surface area (Å²) in [6.45, 7) is 0. The van der Waals surface area contributed by atoms with E-state index in [1.807, 2.05) is 18.2 Å². The zero-order valence-corrected chi connectivity index (χ0v) is 23.2. The predicted molar refractivity (Wildman–Crippen MR) is 160 cm³/mol. The molecule has 0 amide bonds. The topological polar surface area (TPSA) is 0 Å². The van der Waals surface area contributed by atoms with Crippen LogP contribution in [0.2, 0.25) is 0 Å². The summed E-state index contributed by atoms with van der Waals surface area (Å²) in [5, 5.41) is 3.87. The molecule has 0 bridgehead atoms. The van der Waals surface area contributed by atoms with Gasteiger partial charge in [-0.3, -0.25) is 0 Å². The molecule has 0 saturated carbocycles. The van der Waals surface area contributed by atoms with Crippen LogP contribution in [0.4, 0.5) is 0 Å². The molecule has 0 fully saturated rings. The monoisotopic (exact) mass is 537 g/mol. The molecule has 191 valence electrons. The zero-order chi connectivity index (χ0) is 25.2. The summed E-state index contributed by atoms with van der Waals surface area (Å²) in [5.74, 6) is 0.